The second kappa shape index (κ2) is 12.7. The maximum atomic E-state index is 13.5. The highest BCUT2D eigenvalue weighted by Gasteiger charge is 2.36. The van der Waals surface area contributed by atoms with Crippen molar-refractivity contribution in [1.82, 2.24) is 14.8 Å². The van der Waals surface area contributed by atoms with Crippen LogP contribution in [0.3, 0.4) is 0 Å². The first-order valence-electron chi connectivity index (χ1n) is 12.7. The fourth-order valence-corrected chi connectivity index (χ4v) is 4.74. The summed E-state index contributed by atoms with van der Waals surface area (Å²) in [5, 5.41) is 8.70. The van der Waals surface area contributed by atoms with E-state index in [1.165, 1.54) is 0 Å². The highest BCUT2D eigenvalue weighted by atomic mass is 32.2. The first-order valence-corrected chi connectivity index (χ1v) is 13.7. The van der Waals surface area contributed by atoms with Gasteiger partial charge in [0.25, 0.3) is 0 Å². The molecule has 0 saturated heterocycles. The van der Waals surface area contributed by atoms with Gasteiger partial charge in [-0.1, -0.05) is 62.0 Å². The number of thioether (sulfide) groups is 1. The molecule has 1 unspecified atom stereocenters. The van der Waals surface area contributed by atoms with Crippen LogP contribution in [0.15, 0.2) is 65.0 Å². The zero-order valence-corrected chi connectivity index (χ0v) is 22.6. The van der Waals surface area contributed by atoms with E-state index in [1.54, 1.807) is 16.4 Å². The van der Waals surface area contributed by atoms with Crippen LogP contribution in [-0.2, 0) is 16.1 Å². The van der Waals surface area contributed by atoms with Crippen molar-refractivity contribution in [2.75, 3.05) is 24.3 Å². The van der Waals surface area contributed by atoms with Crippen molar-refractivity contribution in [2.45, 2.75) is 58.3 Å². The molecule has 37 heavy (non-hydrogen) atoms. The van der Waals surface area contributed by atoms with Gasteiger partial charge in [-0.25, -0.2) is 9.48 Å². The summed E-state index contributed by atoms with van der Waals surface area (Å²) in [7, 11) is 0. The van der Waals surface area contributed by atoms with E-state index in [2.05, 4.69) is 24.1 Å². The number of nitrogens with one attached hydrogen (secondary N) is 1. The van der Waals surface area contributed by atoms with Gasteiger partial charge in [0.15, 0.2) is 11.5 Å². The number of anilines is 1. The van der Waals surface area contributed by atoms with E-state index in [0.717, 1.165) is 29.7 Å². The number of nitrogens with zero attached hydrogens (tertiary/aromatic N) is 3. The molecule has 0 bridgehead atoms. The number of allylic oxidation sites excluding steroid dienone is 1. The highest BCUT2D eigenvalue weighted by Crippen LogP contribution is 2.40. The minimum absolute atomic E-state index is 0.180. The van der Waals surface area contributed by atoms with E-state index in [0.29, 0.717) is 47.1 Å². The summed E-state index contributed by atoms with van der Waals surface area (Å²) >= 11 is 1.59. The van der Waals surface area contributed by atoms with Crippen LogP contribution in [0.4, 0.5) is 5.95 Å². The zero-order chi connectivity index (χ0) is 26.2. The van der Waals surface area contributed by atoms with Crippen molar-refractivity contribution in [3.63, 3.8) is 0 Å². The Bertz CT molecular complexity index is 1240. The van der Waals surface area contributed by atoms with E-state index >= 15 is 0 Å². The molecule has 2 aromatic carbocycles. The average molecular weight is 523 g/mol. The molecule has 2 heterocycles. The third kappa shape index (κ3) is 6.28. The van der Waals surface area contributed by atoms with E-state index in [9.17, 15) is 4.79 Å². The van der Waals surface area contributed by atoms with Gasteiger partial charge in [0.05, 0.1) is 18.8 Å². The molecule has 1 aromatic heterocycles. The van der Waals surface area contributed by atoms with Gasteiger partial charge in [-0.2, -0.15) is 4.98 Å². The van der Waals surface area contributed by atoms with E-state index in [1.807, 2.05) is 62.4 Å². The number of hydrogen-bond acceptors (Lipinski definition) is 8. The molecule has 8 nitrogen and oxygen atoms in total. The van der Waals surface area contributed by atoms with Crippen LogP contribution in [0.2, 0.25) is 0 Å². The lowest BCUT2D eigenvalue weighted by Crippen LogP contribution is -2.29. The Morgan fingerprint density at radius 1 is 1.05 bits per heavy atom. The SMILES string of the molecule is CCCOc1ccc(C2C(C(=O)OCc3ccccc3)=C(C)Nc3nc(SCCC)nn32)cc1OCC. The largest absolute Gasteiger partial charge is 0.490 e. The zero-order valence-electron chi connectivity index (χ0n) is 21.8. The van der Waals surface area contributed by atoms with Crippen molar-refractivity contribution in [3.05, 3.63) is 70.9 Å². The van der Waals surface area contributed by atoms with Crippen LogP contribution in [0.1, 0.15) is 57.7 Å². The molecule has 0 spiro atoms. The maximum Gasteiger partial charge on any atom is 0.338 e. The van der Waals surface area contributed by atoms with Crippen molar-refractivity contribution < 1.29 is 19.0 Å². The van der Waals surface area contributed by atoms with Crippen molar-refractivity contribution in [3.8, 4) is 11.5 Å². The van der Waals surface area contributed by atoms with Crippen LogP contribution in [0.5, 0.6) is 11.5 Å². The molecular weight excluding hydrogens is 488 g/mol. The van der Waals surface area contributed by atoms with Gasteiger partial charge in [-0.3, -0.25) is 0 Å². The number of hydrogen-bond donors (Lipinski definition) is 1. The van der Waals surface area contributed by atoms with E-state index in [4.69, 9.17) is 19.3 Å². The number of carbonyl (C=O) groups is 1. The molecule has 1 aliphatic heterocycles. The lowest BCUT2D eigenvalue weighted by Gasteiger charge is -2.28. The summed E-state index contributed by atoms with van der Waals surface area (Å²) in [5.74, 6) is 2.39. The van der Waals surface area contributed by atoms with Gasteiger partial charge in [0.2, 0.25) is 11.1 Å². The predicted molar refractivity (Wildman–Crippen MR) is 145 cm³/mol. The summed E-state index contributed by atoms with van der Waals surface area (Å²) in [5.41, 5.74) is 2.91. The predicted octanol–water partition coefficient (Wildman–Crippen LogP) is 6.00. The quantitative estimate of drug-likeness (QED) is 0.229. The number of fused-ring (bicyclic) bond motifs is 1. The monoisotopic (exact) mass is 522 g/mol. The summed E-state index contributed by atoms with van der Waals surface area (Å²) in [6.07, 6.45) is 1.90. The first-order chi connectivity index (χ1) is 18.0. The summed E-state index contributed by atoms with van der Waals surface area (Å²) in [4.78, 5) is 18.2. The Kier molecular flexibility index (Phi) is 9.11. The summed E-state index contributed by atoms with van der Waals surface area (Å²) < 4.78 is 19.4. The molecule has 196 valence electrons. The molecular formula is C28H34N4O4S. The molecule has 1 N–H and O–H groups in total. The van der Waals surface area contributed by atoms with Gasteiger partial charge >= 0.3 is 5.97 Å². The van der Waals surface area contributed by atoms with Gasteiger partial charge < -0.3 is 19.5 Å². The molecule has 1 aliphatic rings. The molecule has 0 radical (unpaired) electrons. The summed E-state index contributed by atoms with van der Waals surface area (Å²) in [6.45, 7) is 9.24. The average Bonchev–Trinajstić information content (AvgIpc) is 3.32. The fraction of sp³-hybridized carbons (Fsp3) is 0.393. The standard InChI is InChI=1S/C28H34N4O4S/c1-5-15-35-22-14-13-21(17-23(22)34-7-3)25-24(26(33)36-18-20-11-9-8-10-12-20)19(4)29-27-30-28(31-32(25)27)37-16-6-2/h8-14,17,25H,5-7,15-16,18H2,1-4H3,(H,29,30,31). The number of esters is 1. The maximum absolute atomic E-state index is 13.5. The Morgan fingerprint density at radius 3 is 2.59 bits per heavy atom. The molecule has 9 heteroatoms. The smallest absolute Gasteiger partial charge is 0.338 e. The van der Waals surface area contributed by atoms with Crippen LogP contribution >= 0.6 is 11.8 Å². The number of benzene rings is 2. The van der Waals surface area contributed by atoms with Gasteiger partial charge in [0.1, 0.15) is 12.6 Å². The molecule has 1 atom stereocenters. The molecule has 3 aromatic rings. The Labute approximate surface area is 222 Å². The second-order valence-electron chi connectivity index (χ2n) is 8.63. The van der Waals surface area contributed by atoms with Crippen molar-refractivity contribution >= 4 is 23.7 Å². The second-order valence-corrected chi connectivity index (χ2v) is 9.69. The normalized spacial score (nSPS) is 14.6. The van der Waals surface area contributed by atoms with Crippen LogP contribution < -0.4 is 14.8 Å². The minimum atomic E-state index is -0.539. The third-order valence-electron chi connectivity index (χ3n) is 5.75. The number of rotatable bonds is 12. The van der Waals surface area contributed by atoms with Gasteiger partial charge in [0, 0.05) is 11.4 Å². The topological polar surface area (TPSA) is 87.5 Å². The van der Waals surface area contributed by atoms with Crippen molar-refractivity contribution in [2.24, 2.45) is 0 Å². The minimum Gasteiger partial charge on any atom is -0.490 e. The van der Waals surface area contributed by atoms with Crippen LogP contribution in [0, 0.1) is 0 Å². The van der Waals surface area contributed by atoms with E-state index in [-0.39, 0.29) is 6.61 Å². The van der Waals surface area contributed by atoms with Crippen LogP contribution in [-0.4, -0.2) is 39.7 Å². The Balaban J connectivity index is 1.73. The number of aromatic nitrogens is 3. The first kappa shape index (κ1) is 26.6. The number of ether oxygens (including phenoxy) is 3. The number of carbonyl (C=O) groups excluding carboxylic acids is 1. The lowest BCUT2D eigenvalue weighted by molar-refractivity contribution is -0.140. The lowest BCUT2D eigenvalue weighted by atomic mass is 9.95. The molecule has 0 fully saturated rings. The van der Waals surface area contributed by atoms with Crippen molar-refractivity contribution in [1.29, 1.82) is 0 Å². The molecule has 4 rings (SSSR count). The molecule has 0 aliphatic carbocycles. The Hall–Kier alpha value is -3.46. The van der Waals surface area contributed by atoms with Crippen LogP contribution in [0.25, 0.3) is 0 Å². The molecule has 0 amide bonds. The molecule has 0 saturated carbocycles. The summed E-state index contributed by atoms with van der Waals surface area (Å²) in [6, 6.07) is 14.9. The Morgan fingerprint density at radius 2 is 1.86 bits per heavy atom. The highest BCUT2D eigenvalue weighted by molar-refractivity contribution is 7.99. The van der Waals surface area contributed by atoms with Gasteiger partial charge in [-0.05, 0) is 49.9 Å². The van der Waals surface area contributed by atoms with Gasteiger partial charge in [-0.15, -0.1) is 5.10 Å². The fourth-order valence-electron chi connectivity index (χ4n) is 4.05. The van der Waals surface area contributed by atoms with E-state index < -0.39 is 12.0 Å². The third-order valence-corrected chi connectivity index (χ3v) is 6.79.